The number of hydrogen-bond acceptors (Lipinski definition) is 2. The fourth-order valence-corrected chi connectivity index (χ4v) is 1.16. The zero-order chi connectivity index (χ0) is 9.14. The number of pyridine rings is 1. The van der Waals surface area contributed by atoms with Gasteiger partial charge in [0.15, 0.2) is 0 Å². The fraction of sp³-hybridized carbons (Fsp3) is 0.400. The van der Waals surface area contributed by atoms with Crippen molar-refractivity contribution in [2.24, 2.45) is 0 Å². The lowest BCUT2D eigenvalue weighted by Crippen LogP contribution is -1.98. The first-order chi connectivity index (χ1) is 5.66. The van der Waals surface area contributed by atoms with Crippen LogP contribution in [0.25, 0.3) is 0 Å². The molecule has 0 aliphatic rings. The Morgan fingerprint density at radius 1 is 1.50 bits per heavy atom. The molecule has 2 nitrogen and oxygen atoms in total. The van der Waals surface area contributed by atoms with Crippen molar-refractivity contribution in [3.8, 4) is 6.07 Å². The molecule has 0 spiro atoms. The van der Waals surface area contributed by atoms with Crippen LogP contribution in [0, 0.1) is 18.3 Å². The second-order valence-corrected chi connectivity index (χ2v) is 3.15. The van der Waals surface area contributed by atoms with Crippen LogP contribution in [-0.4, -0.2) is 4.98 Å². The molecular weight excluding hydrogens is 148 g/mol. The van der Waals surface area contributed by atoms with E-state index < -0.39 is 0 Å². The first-order valence-corrected chi connectivity index (χ1v) is 4.02. The highest BCUT2D eigenvalue weighted by Gasteiger charge is 2.08. The van der Waals surface area contributed by atoms with E-state index >= 15 is 0 Å². The highest BCUT2D eigenvalue weighted by molar-refractivity contribution is 5.40. The Hall–Kier alpha value is -1.36. The minimum absolute atomic E-state index is 0.319. The molecule has 0 bridgehead atoms. The summed E-state index contributed by atoms with van der Waals surface area (Å²) in [6.45, 7) is 6.03. The minimum Gasteiger partial charge on any atom is -0.260 e. The molecule has 1 heterocycles. The molecule has 0 saturated heterocycles. The van der Waals surface area contributed by atoms with E-state index in [0.717, 1.165) is 16.8 Å². The summed E-state index contributed by atoms with van der Waals surface area (Å²) >= 11 is 0. The maximum atomic E-state index is 8.86. The van der Waals surface area contributed by atoms with E-state index in [1.54, 1.807) is 6.20 Å². The minimum atomic E-state index is 0.319. The summed E-state index contributed by atoms with van der Waals surface area (Å²) in [4.78, 5) is 4.19. The van der Waals surface area contributed by atoms with Gasteiger partial charge >= 0.3 is 0 Å². The first kappa shape index (κ1) is 8.73. The van der Waals surface area contributed by atoms with Gasteiger partial charge in [-0.3, -0.25) is 4.98 Å². The molecule has 0 unspecified atom stereocenters. The Morgan fingerprint density at radius 2 is 2.17 bits per heavy atom. The van der Waals surface area contributed by atoms with Gasteiger partial charge in [-0.1, -0.05) is 13.8 Å². The van der Waals surface area contributed by atoms with E-state index in [4.69, 9.17) is 5.26 Å². The van der Waals surface area contributed by atoms with Gasteiger partial charge in [-0.15, -0.1) is 0 Å². The summed E-state index contributed by atoms with van der Waals surface area (Å²) in [6.07, 6.45) is 1.76. The largest absolute Gasteiger partial charge is 0.260 e. The molecule has 0 saturated carbocycles. The van der Waals surface area contributed by atoms with Gasteiger partial charge in [0.25, 0.3) is 0 Å². The van der Waals surface area contributed by atoms with E-state index in [1.165, 1.54) is 0 Å². The van der Waals surface area contributed by atoms with E-state index in [9.17, 15) is 0 Å². The molecular formula is C10H12N2. The standard InChI is InChI=1S/C10H12N2/c1-7(2)10-9(6-11)8(3)4-5-12-10/h4-5,7H,1-3H3. The number of rotatable bonds is 1. The van der Waals surface area contributed by atoms with Crippen LogP contribution >= 0.6 is 0 Å². The topological polar surface area (TPSA) is 36.7 Å². The summed E-state index contributed by atoms with van der Waals surface area (Å²) in [5.41, 5.74) is 2.64. The lowest BCUT2D eigenvalue weighted by molar-refractivity contribution is 0.815. The first-order valence-electron chi connectivity index (χ1n) is 4.02. The van der Waals surface area contributed by atoms with Gasteiger partial charge in [-0.05, 0) is 24.5 Å². The molecule has 1 aromatic heterocycles. The van der Waals surface area contributed by atoms with Crippen LogP contribution in [0.15, 0.2) is 12.3 Å². The number of aromatic nitrogens is 1. The third-order valence-corrected chi connectivity index (χ3v) is 1.85. The number of nitriles is 1. The molecule has 0 radical (unpaired) electrons. The van der Waals surface area contributed by atoms with Gasteiger partial charge in [0.1, 0.15) is 6.07 Å². The third kappa shape index (κ3) is 1.45. The normalized spacial score (nSPS) is 9.92. The van der Waals surface area contributed by atoms with Crippen LogP contribution in [0.5, 0.6) is 0 Å². The Labute approximate surface area is 72.9 Å². The SMILES string of the molecule is Cc1ccnc(C(C)C)c1C#N. The average molecular weight is 160 g/mol. The average Bonchev–Trinajstić information content (AvgIpc) is 2.03. The summed E-state index contributed by atoms with van der Waals surface area (Å²) < 4.78 is 0. The predicted molar refractivity (Wildman–Crippen MR) is 47.8 cm³/mol. The van der Waals surface area contributed by atoms with Gasteiger partial charge in [-0.2, -0.15) is 5.26 Å². The summed E-state index contributed by atoms with van der Waals surface area (Å²) in [5.74, 6) is 0.319. The molecule has 0 N–H and O–H groups in total. The van der Waals surface area contributed by atoms with Crippen LogP contribution in [0.4, 0.5) is 0 Å². The van der Waals surface area contributed by atoms with Crippen LogP contribution in [0.2, 0.25) is 0 Å². The maximum Gasteiger partial charge on any atom is 0.101 e. The van der Waals surface area contributed by atoms with Crippen molar-refractivity contribution in [3.05, 3.63) is 29.1 Å². The number of hydrogen-bond donors (Lipinski definition) is 0. The van der Waals surface area contributed by atoms with Crippen molar-refractivity contribution >= 4 is 0 Å². The highest BCUT2D eigenvalue weighted by Crippen LogP contribution is 2.18. The molecule has 1 rings (SSSR count). The summed E-state index contributed by atoms with van der Waals surface area (Å²) in [5, 5.41) is 8.86. The molecule has 0 fully saturated rings. The monoisotopic (exact) mass is 160 g/mol. The fourth-order valence-electron chi connectivity index (χ4n) is 1.16. The van der Waals surface area contributed by atoms with E-state index in [2.05, 4.69) is 11.1 Å². The van der Waals surface area contributed by atoms with E-state index in [1.807, 2.05) is 26.8 Å². The molecule has 62 valence electrons. The lowest BCUT2D eigenvalue weighted by Gasteiger charge is -2.07. The van der Waals surface area contributed by atoms with Gasteiger partial charge in [-0.25, -0.2) is 0 Å². The summed E-state index contributed by atoms with van der Waals surface area (Å²) in [6, 6.07) is 4.05. The number of nitrogens with zero attached hydrogens (tertiary/aromatic N) is 2. The zero-order valence-electron chi connectivity index (χ0n) is 7.63. The van der Waals surface area contributed by atoms with E-state index in [-0.39, 0.29) is 0 Å². The van der Waals surface area contributed by atoms with Crippen molar-refractivity contribution in [1.82, 2.24) is 4.98 Å². The Morgan fingerprint density at radius 3 is 2.58 bits per heavy atom. The molecule has 2 heteroatoms. The third-order valence-electron chi connectivity index (χ3n) is 1.85. The molecule has 0 aliphatic carbocycles. The summed E-state index contributed by atoms with van der Waals surface area (Å²) in [7, 11) is 0. The molecule has 0 amide bonds. The molecule has 12 heavy (non-hydrogen) atoms. The second-order valence-electron chi connectivity index (χ2n) is 3.15. The van der Waals surface area contributed by atoms with Crippen LogP contribution in [-0.2, 0) is 0 Å². The quantitative estimate of drug-likeness (QED) is 0.632. The van der Waals surface area contributed by atoms with Crippen molar-refractivity contribution in [2.75, 3.05) is 0 Å². The van der Waals surface area contributed by atoms with Crippen LogP contribution in [0.1, 0.15) is 36.6 Å². The molecule has 0 aliphatic heterocycles. The van der Waals surface area contributed by atoms with Crippen LogP contribution in [0.3, 0.4) is 0 Å². The number of aryl methyl sites for hydroxylation is 1. The zero-order valence-corrected chi connectivity index (χ0v) is 7.63. The van der Waals surface area contributed by atoms with E-state index in [0.29, 0.717) is 5.92 Å². The molecule has 0 atom stereocenters. The molecule has 1 aromatic rings. The lowest BCUT2D eigenvalue weighted by atomic mass is 10.0. The second kappa shape index (κ2) is 3.36. The van der Waals surface area contributed by atoms with Crippen molar-refractivity contribution in [3.63, 3.8) is 0 Å². The van der Waals surface area contributed by atoms with Crippen LogP contribution < -0.4 is 0 Å². The maximum absolute atomic E-state index is 8.86. The smallest absolute Gasteiger partial charge is 0.101 e. The molecule has 0 aromatic carbocycles. The van der Waals surface area contributed by atoms with Crippen molar-refractivity contribution in [1.29, 1.82) is 5.26 Å². The van der Waals surface area contributed by atoms with Gasteiger partial charge in [0.2, 0.25) is 0 Å². The van der Waals surface area contributed by atoms with Gasteiger partial charge in [0.05, 0.1) is 11.3 Å². The highest BCUT2D eigenvalue weighted by atomic mass is 14.7. The van der Waals surface area contributed by atoms with Gasteiger partial charge < -0.3 is 0 Å². The Balaban J connectivity index is 3.30. The predicted octanol–water partition coefficient (Wildman–Crippen LogP) is 2.39. The van der Waals surface area contributed by atoms with Crippen molar-refractivity contribution in [2.45, 2.75) is 26.7 Å². The Kier molecular flexibility index (Phi) is 2.44. The van der Waals surface area contributed by atoms with Gasteiger partial charge in [0, 0.05) is 6.20 Å². The van der Waals surface area contributed by atoms with Crippen molar-refractivity contribution < 1.29 is 0 Å². The Bertz CT molecular complexity index is 321.